The minimum Gasteiger partial charge on any atom is -0.462 e. The fourth-order valence-electron chi connectivity index (χ4n) is 4.23. The summed E-state index contributed by atoms with van der Waals surface area (Å²) in [6.45, 7) is 2.80. The molecule has 170 valence electrons. The van der Waals surface area contributed by atoms with Crippen molar-refractivity contribution in [3.05, 3.63) is 23.2 Å². The molecule has 2 aliphatic rings. The van der Waals surface area contributed by atoms with E-state index in [0.717, 1.165) is 12.8 Å². The molecule has 2 fully saturated rings. The molecule has 0 amide bonds. The van der Waals surface area contributed by atoms with Gasteiger partial charge in [-0.15, -0.1) is 24.5 Å². The Labute approximate surface area is 184 Å². The molecule has 2 atom stereocenters. The summed E-state index contributed by atoms with van der Waals surface area (Å²) in [6, 6.07) is 1.98. The Morgan fingerprint density at radius 2 is 2.09 bits per heavy atom. The van der Waals surface area contributed by atoms with Crippen LogP contribution in [0, 0.1) is 0 Å². The Balaban J connectivity index is 1.70. The maximum absolute atomic E-state index is 13.3. The summed E-state index contributed by atoms with van der Waals surface area (Å²) in [5.74, 6) is -1.68. The average molecular weight is 468 g/mol. The van der Waals surface area contributed by atoms with Gasteiger partial charge in [-0.25, -0.2) is 9.78 Å². The van der Waals surface area contributed by atoms with E-state index in [0.29, 0.717) is 23.7 Å². The first-order valence-electron chi connectivity index (χ1n) is 10.1. The van der Waals surface area contributed by atoms with E-state index in [4.69, 9.17) is 9.15 Å². The van der Waals surface area contributed by atoms with Gasteiger partial charge in [0.25, 0.3) is 6.01 Å². The summed E-state index contributed by atoms with van der Waals surface area (Å²) in [5, 5.41) is 5.68. The van der Waals surface area contributed by atoms with Gasteiger partial charge in [-0.3, -0.25) is 0 Å². The number of nitrogens with zero attached hydrogens (tertiary/aromatic N) is 3. The molecule has 8 nitrogen and oxygen atoms in total. The van der Waals surface area contributed by atoms with Crippen LogP contribution in [0.5, 0.6) is 5.75 Å². The topological polar surface area (TPSA) is 89.7 Å². The van der Waals surface area contributed by atoms with E-state index in [9.17, 15) is 18.0 Å². The SMILES string of the molecule is CCOC(=O)c1cc(-c2nccs2)c2oc(N3CC4CCC(C3)N4)nc2c1OC(F)(F)F. The molecule has 32 heavy (non-hydrogen) atoms. The van der Waals surface area contributed by atoms with Crippen LogP contribution in [0.2, 0.25) is 0 Å². The quantitative estimate of drug-likeness (QED) is 0.563. The number of piperazine rings is 1. The van der Waals surface area contributed by atoms with Crippen molar-refractivity contribution in [1.82, 2.24) is 15.3 Å². The van der Waals surface area contributed by atoms with Gasteiger partial charge in [0.15, 0.2) is 16.8 Å². The number of aromatic nitrogens is 2. The van der Waals surface area contributed by atoms with Gasteiger partial charge in [-0.2, -0.15) is 4.98 Å². The maximum Gasteiger partial charge on any atom is 0.573 e. The van der Waals surface area contributed by atoms with Crippen LogP contribution in [0.4, 0.5) is 19.2 Å². The number of ether oxygens (including phenoxy) is 2. The number of anilines is 1. The molecular formula is C20H19F3N4O4S. The van der Waals surface area contributed by atoms with Crippen LogP contribution < -0.4 is 15.0 Å². The third-order valence-corrected chi connectivity index (χ3v) is 6.28. The lowest BCUT2D eigenvalue weighted by molar-refractivity contribution is -0.274. The summed E-state index contributed by atoms with van der Waals surface area (Å²) in [6.07, 6.45) is -1.45. The van der Waals surface area contributed by atoms with Crippen LogP contribution in [-0.4, -0.2) is 54.1 Å². The minimum absolute atomic E-state index is 0.0114. The number of alkyl halides is 3. The second-order valence-electron chi connectivity index (χ2n) is 7.62. The lowest BCUT2D eigenvalue weighted by atomic mass is 10.1. The van der Waals surface area contributed by atoms with Gasteiger partial charge in [0, 0.05) is 36.8 Å². The molecule has 2 aliphatic heterocycles. The monoisotopic (exact) mass is 468 g/mol. The fourth-order valence-corrected chi connectivity index (χ4v) is 4.88. The van der Waals surface area contributed by atoms with E-state index in [1.165, 1.54) is 17.4 Å². The van der Waals surface area contributed by atoms with Crippen LogP contribution in [0.25, 0.3) is 21.7 Å². The largest absolute Gasteiger partial charge is 0.573 e. The van der Waals surface area contributed by atoms with Crippen molar-refractivity contribution in [2.24, 2.45) is 0 Å². The molecule has 0 radical (unpaired) electrons. The highest BCUT2D eigenvalue weighted by atomic mass is 32.1. The Hall–Kier alpha value is -2.86. The normalized spacial score (nSPS) is 20.7. The molecule has 0 aliphatic carbocycles. The van der Waals surface area contributed by atoms with Crippen molar-refractivity contribution in [3.63, 3.8) is 0 Å². The number of hydrogen-bond donors (Lipinski definition) is 1. The summed E-state index contributed by atoms with van der Waals surface area (Å²) in [5.41, 5.74) is -0.154. The molecule has 4 heterocycles. The van der Waals surface area contributed by atoms with Crippen molar-refractivity contribution in [3.8, 4) is 16.3 Å². The lowest BCUT2D eigenvalue weighted by Crippen LogP contribution is -2.51. The first-order valence-corrected chi connectivity index (χ1v) is 11.0. The standard InChI is InChI=1S/C20H19F3N4O4S/c1-2-29-18(28)13-7-12(17-24-5-6-32-17)15-14(16(13)31-20(21,22)23)26-19(30-15)27-8-10-3-4-11(9-27)25-10/h5-7,10-11,25H,2-4,8-9H2,1H3. The van der Waals surface area contributed by atoms with Crippen molar-refractivity contribution in [1.29, 1.82) is 0 Å². The number of oxazole rings is 1. The van der Waals surface area contributed by atoms with Crippen LogP contribution in [0.1, 0.15) is 30.1 Å². The second kappa shape index (κ2) is 7.93. The zero-order valence-electron chi connectivity index (χ0n) is 16.9. The Bertz CT molecular complexity index is 1140. The number of esters is 1. The van der Waals surface area contributed by atoms with Gasteiger partial charge < -0.3 is 24.1 Å². The van der Waals surface area contributed by atoms with Crippen molar-refractivity contribution in [2.45, 2.75) is 38.2 Å². The van der Waals surface area contributed by atoms with Gasteiger partial charge in [0.1, 0.15) is 10.6 Å². The van der Waals surface area contributed by atoms with Gasteiger partial charge in [-0.1, -0.05) is 0 Å². The molecule has 0 saturated carbocycles. The van der Waals surface area contributed by atoms with Crippen LogP contribution in [-0.2, 0) is 4.74 Å². The van der Waals surface area contributed by atoms with Crippen molar-refractivity contribution in [2.75, 3.05) is 24.6 Å². The van der Waals surface area contributed by atoms with Crippen molar-refractivity contribution < 1.29 is 31.9 Å². The number of halogens is 3. The fraction of sp³-hybridized carbons (Fsp3) is 0.450. The number of nitrogens with one attached hydrogen (secondary N) is 1. The molecule has 2 saturated heterocycles. The third-order valence-electron chi connectivity index (χ3n) is 5.47. The third kappa shape index (κ3) is 3.88. The van der Waals surface area contributed by atoms with E-state index in [1.54, 1.807) is 18.5 Å². The molecule has 5 rings (SSSR count). The highest BCUT2D eigenvalue weighted by Gasteiger charge is 2.38. The lowest BCUT2D eigenvalue weighted by Gasteiger charge is -2.31. The molecular weight excluding hydrogens is 449 g/mol. The summed E-state index contributed by atoms with van der Waals surface area (Å²) >= 11 is 1.26. The van der Waals surface area contributed by atoms with Gasteiger partial charge in [0.2, 0.25) is 0 Å². The van der Waals surface area contributed by atoms with Crippen LogP contribution >= 0.6 is 11.3 Å². The van der Waals surface area contributed by atoms with E-state index >= 15 is 0 Å². The number of carbonyl (C=O) groups is 1. The Kier molecular flexibility index (Phi) is 5.20. The predicted octanol–water partition coefficient (Wildman–Crippen LogP) is 3.97. The van der Waals surface area contributed by atoms with Gasteiger partial charge in [0.05, 0.1) is 12.2 Å². The van der Waals surface area contributed by atoms with E-state index in [1.807, 2.05) is 4.90 Å². The summed E-state index contributed by atoms with van der Waals surface area (Å²) in [7, 11) is 0. The number of thiazole rings is 1. The van der Waals surface area contributed by atoms with Crippen LogP contribution in [0.15, 0.2) is 22.1 Å². The average Bonchev–Trinajstić information content (AvgIpc) is 3.47. The number of benzene rings is 1. The Morgan fingerprint density at radius 1 is 1.34 bits per heavy atom. The first-order chi connectivity index (χ1) is 15.3. The summed E-state index contributed by atoms with van der Waals surface area (Å²) in [4.78, 5) is 23.1. The smallest absolute Gasteiger partial charge is 0.462 e. The minimum atomic E-state index is -5.04. The zero-order chi connectivity index (χ0) is 22.5. The molecule has 12 heteroatoms. The number of fused-ring (bicyclic) bond motifs is 3. The molecule has 2 aromatic heterocycles. The Morgan fingerprint density at radius 3 is 2.72 bits per heavy atom. The van der Waals surface area contributed by atoms with Crippen molar-refractivity contribution >= 4 is 34.4 Å². The number of carbonyl (C=O) groups excluding carboxylic acids is 1. The zero-order valence-corrected chi connectivity index (χ0v) is 17.8. The molecule has 2 unspecified atom stereocenters. The van der Waals surface area contributed by atoms with E-state index in [2.05, 4.69) is 20.0 Å². The first kappa shape index (κ1) is 21.0. The summed E-state index contributed by atoms with van der Waals surface area (Å²) < 4.78 is 55.1. The highest BCUT2D eigenvalue weighted by Crippen LogP contribution is 2.42. The number of hydrogen-bond acceptors (Lipinski definition) is 9. The highest BCUT2D eigenvalue weighted by molar-refractivity contribution is 7.13. The van der Waals surface area contributed by atoms with E-state index in [-0.39, 0.29) is 41.4 Å². The maximum atomic E-state index is 13.3. The molecule has 3 aromatic rings. The van der Waals surface area contributed by atoms with Gasteiger partial charge >= 0.3 is 12.3 Å². The van der Waals surface area contributed by atoms with Crippen LogP contribution in [0.3, 0.4) is 0 Å². The predicted molar refractivity (Wildman–Crippen MR) is 110 cm³/mol. The molecule has 2 bridgehead atoms. The van der Waals surface area contributed by atoms with Gasteiger partial charge in [-0.05, 0) is 25.8 Å². The molecule has 1 N–H and O–H groups in total. The molecule has 0 spiro atoms. The number of rotatable bonds is 5. The van der Waals surface area contributed by atoms with E-state index < -0.39 is 18.1 Å². The molecule has 1 aromatic carbocycles. The second-order valence-corrected chi connectivity index (χ2v) is 8.52.